The molecule has 2 atom stereocenters. The predicted molar refractivity (Wildman–Crippen MR) is 61.4 cm³/mol. The molecule has 16 heavy (non-hydrogen) atoms. The molecule has 5 nitrogen and oxygen atoms in total. The summed E-state index contributed by atoms with van der Waals surface area (Å²) in [5, 5.41) is 6.55. The molecule has 0 spiro atoms. The molecule has 0 amide bonds. The third-order valence-electron chi connectivity index (χ3n) is 4.60. The molecule has 5 heteroatoms. The van der Waals surface area contributed by atoms with Crippen LogP contribution in [-0.4, -0.2) is 17.5 Å². The Labute approximate surface area is 95.0 Å². The van der Waals surface area contributed by atoms with E-state index in [0.29, 0.717) is 5.71 Å². The number of nitrogens with zero attached hydrogens (tertiary/aromatic N) is 1. The lowest BCUT2D eigenvalue weighted by Gasteiger charge is -2.31. The first kappa shape index (κ1) is 11.1. The van der Waals surface area contributed by atoms with E-state index in [1.165, 1.54) is 0 Å². The number of nitrogens with two attached hydrogens (primary N) is 2. The molecule has 88 valence electrons. The molecule has 0 unspecified atom stereocenters. The van der Waals surface area contributed by atoms with Gasteiger partial charge in [0.2, 0.25) is 0 Å². The Morgan fingerprint density at radius 1 is 1.44 bits per heavy atom. The van der Waals surface area contributed by atoms with Gasteiger partial charge in [0.25, 0.3) is 0 Å². The number of hydrazone groups is 1. The average molecular weight is 223 g/mol. The summed E-state index contributed by atoms with van der Waals surface area (Å²) in [5.41, 5.74) is 10.9. The van der Waals surface area contributed by atoms with Gasteiger partial charge in [-0.2, -0.15) is 5.10 Å². The number of hydrogen-bond acceptors (Lipinski definition) is 2. The molecule has 5 N–H and O–H groups in total. The van der Waals surface area contributed by atoms with Gasteiger partial charge in [-0.3, -0.25) is 16.3 Å². The zero-order valence-electron chi connectivity index (χ0n) is 10.0. The number of rotatable bonds is 1. The van der Waals surface area contributed by atoms with Crippen molar-refractivity contribution in [2.75, 3.05) is 0 Å². The third kappa shape index (κ3) is 1.14. The van der Waals surface area contributed by atoms with Crippen molar-refractivity contribution in [3.8, 4) is 0 Å². The van der Waals surface area contributed by atoms with Gasteiger partial charge in [0.1, 0.15) is 5.71 Å². The van der Waals surface area contributed by atoms with Gasteiger partial charge in [0.05, 0.1) is 0 Å². The van der Waals surface area contributed by atoms with Gasteiger partial charge in [-0.05, 0) is 18.3 Å². The van der Waals surface area contributed by atoms with Crippen LogP contribution in [0.15, 0.2) is 5.10 Å². The van der Waals surface area contributed by atoms with Gasteiger partial charge >= 0.3 is 5.96 Å². The molecule has 0 radical (unpaired) electrons. The number of fused-ring (bicyclic) bond motifs is 2. The van der Waals surface area contributed by atoms with E-state index in [4.69, 9.17) is 11.5 Å². The van der Waals surface area contributed by atoms with E-state index in [1.807, 2.05) is 6.92 Å². The Kier molecular flexibility index (Phi) is 2.12. The number of guanidine groups is 1. The molecule has 2 rings (SSSR count). The summed E-state index contributed by atoms with van der Waals surface area (Å²) in [6, 6.07) is 0. The summed E-state index contributed by atoms with van der Waals surface area (Å²) >= 11 is 0. The molecule has 0 aliphatic heterocycles. The summed E-state index contributed by atoms with van der Waals surface area (Å²) in [6.07, 6.45) is 1.96. The van der Waals surface area contributed by atoms with Crippen LogP contribution in [0.5, 0.6) is 0 Å². The van der Waals surface area contributed by atoms with E-state index in [1.54, 1.807) is 0 Å². The first-order chi connectivity index (χ1) is 7.30. The SMILES string of the molecule is CC1(C)[C@H]2CC[C@]1(C)C(=O)C2=N[NH+]=C(N)N. The number of carbonyl (C=O) groups is 1. The molecular weight excluding hydrogens is 204 g/mol. The van der Waals surface area contributed by atoms with Crippen LogP contribution in [0.25, 0.3) is 0 Å². The Balaban J connectivity index is 2.45. The maximum Gasteiger partial charge on any atom is 0.362 e. The van der Waals surface area contributed by atoms with Crippen molar-refractivity contribution in [3.05, 3.63) is 0 Å². The summed E-state index contributed by atoms with van der Waals surface area (Å²) < 4.78 is 0. The van der Waals surface area contributed by atoms with Crippen LogP contribution in [0.3, 0.4) is 0 Å². The second kappa shape index (κ2) is 3.06. The van der Waals surface area contributed by atoms with Crippen LogP contribution in [-0.2, 0) is 4.79 Å². The monoisotopic (exact) mass is 223 g/mol. The first-order valence-electron chi connectivity index (χ1n) is 5.57. The highest BCUT2D eigenvalue weighted by molar-refractivity contribution is 6.45. The second-order valence-electron chi connectivity index (χ2n) is 5.54. The highest BCUT2D eigenvalue weighted by Crippen LogP contribution is 2.62. The number of hydrogen-bond donors (Lipinski definition) is 3. The van der Waals surface area contributed by atoms with E-state index in [0.717, 1.165) is 12.8 Å². The molecule has 2 saturated carbocycles. The largest absolute Gasteiger partial charge is 0.362 e. The Bertz CT molecular complexity index is 406. The van der Waals surface area contributed by atoms with Gasteiger partial charge in [-0.1, -0.05) is 20.8 Å². The molecule has 2 fully saturated rings. The quantitative estimate of drug-likeness (QED) is 0.293. The van der Waals surface area contributed by atoms with Gasteiger partial charge in [-0.15, -0.1) is 5.10 Å². The normalized spacial score (nSPS) is 38.1. The minimum Gasteiger partial charge on any atom is -0.292 e. The number of carbonyl (C=O) groups excluding carboxylic acids is 1. The minimum atomic E-state index is -0.276. The fourth-order valence-electron chi connectivity index (χ4n) is 3.08. The van der Waals surface area contributed by atoms with Crippen LogP contribution in [0.2, 0.25) is 0 Å². The van der Waals surface area contributed by atoms with Crippen LogP contribution in [0.4, 0.5) is 0 Å². The van der Waals surface area contributed by atoms with E-state index in [-0.39, 0.29) is 28.5 Å². The van der Waals surface area contributed by atoms with Gasteiger partial charge in [-0.25, -0.2) is 0 Å². The molecule has 0 heterocycles. The second-order valence-corrected chi connectivity index (χ2v) is 5.54. The van der Waals surface area contributed by atoms with Gasteiger partial charge in [0, 0.05) is 11.3 Å². The first-order valence-corrected chi connectivity index (χ1v) is 5.57. The van der Waals surface area contributed by atoms with Gasteiger partial charge in [0.15, 0.2) is 5.78 Å². The highest BCUT2D eigenvalue weighted by Gasteiger charge is 2.65. The summed E-state index contributed by atoms with van der Waals surface area (Å²) in [5.74, 6) is 0.380. The number of Topliss-reactive ketones (excluding diaryl/α,β-unsaturated/α-hetero) is 1. The Hall–Kier alpha value is -1.39. The maximum absolute atomic E-state index is 12.3. The number of ketones is 1. The Morgan fingerprint density at radius 3 is 2.50 bits per heavy atom. The van der Waals surface area contributed by atoms with E-state index in [2.05, 4.69) is 24.1 Å². The van der Waals surface area contributed by atoms with E-state index >= 15 is 0 Å². The van der Waals surface area contributed by atoms with Crippen molar-refractivity contribution in [1.29, 1.82) is 0 Å². The van der Waals surface area contributed by atoms with Crippen molar-refractivity contribution in [2.24, 2.45) is 33.3 Å². The topological polar surface area (TPSA) is 95.4 Å². The average Bonchev–Trinajstić information content (AvgIpc) is 2.47. The molecule has 2 bridgehead atoms. The minimum absolute atomic E-state index is 0.0195. The van der Waals surface area contributed by atoms with Crippen molar-refractivity contribution < 1.29 is 9.90 Å². The standard InChI is InChI=1S/C11H18N4O/c1-10(2)6-4-5-11(10,3)8(16)7(6)14-15-9(12)13/h6H,4-5H2,1-3H3,(H4,12,13,15)/p+1/t6-,11+/m0/s1. The van der Waals surface area contributed by atoms with Crippen molar-refractivity contribution >= 4 is 17.5 Å². The van der Waals surface area contributed by atoms with E-state index < -0.39 is 0 Å². The maximum atomic E-state index is 12.3. The number of nitrogens with one attached hydrogen (secondary N) is 1. The molecule has 0 aromatic rings. The van der Waals surface area contributed by atoms with Crippen LogP contribution in [0, 0.1) is 16.7 Å². The van der Waals surface area contributed by atoms with Crippen LogP contribution in [0.1, 0.15) is 33.6 Å². The van der Waals surface area contributed by atoms with E-state index in [9.17, 15) is 4.79 Å². The predicted octanol–water partition coefficient (Wildman–Crippen LogP) is -1.28. The summed E-state index contributed by atoms with van der Waals surface area (Å²) in [4.78, 5) is 12.3. The highest BCUT2D eigenvalue weighted by atomic mass is 16.1. The molecule has 0 aromatic carbocycles. The van der Waals surface area contributed by atoms with Crippen molar-refractivity contribution in [2.45, 2.75) is 33.6 Å². The lowest BCUT2D eigenvalue weighted by Crippen LogP contribution is -2.73. The molecule has 2 aliphatic rings. The molecule has 2 aliphatic carbocycles. The van der Waals surface area contributed by atoms with Crippen molar-refractivity contribution in [1.82, 2.24) is 0 Å². The molecule has 0 saturated heterocycles. The summed E-state index contributed by atoms with van der Waals surface area (Å²) in [7, 11) is 0. The van der Waals surface area contributed by atoms with Gasteiger partial charge < -0.3 is 0 Å². The van der Waals surface area contributed by atoms with Crippen LogP contribution >= 0.6 is 0 Å². The smallest absolute Gasteiger partial charge is 0.292 e. The zero-order valence-corrected chi connectivity index (χ0v) is 10.0. The third-order valence-corrected chi connectivity index (χ3v) is 4.60. The molecular formula is C11H19N4O+. The van der Waals surface area contributed by atoms with Crippen LogP contribution < -0.4 is 16.6 Å². The Morgan fingerprint density at radius 2 is 2.06 bits per heavy atom. The lowest BCUT2D eigenvalue weighted by atomic mass is 9.70. The summed E-state index contributed by atoms with van der Waals surface area (Å²) in [6.45, 7) is 6.31. The lowest BCUT2D eigenvalue weighted by molar-refractivity contribution is -0.464. The fourth-order valence-corrected chi connectivity index (χ4v) is 3.08. The fraction of sp³-hybridized carbons (Fsp3) is 0.727. The zero-order chi connectivity index (χ0) is 12.1. The molecule has 0 aromatic heterocycles. The van der Waals surface area contributed by atoms with Crippen molar-refractivity contribution in [3.63, 3.8) is 0 Å².